The van der Waals surface area contributed by atoms with Crippen molar-refractivity contribution in [1.29, 1.82) is 0 Å². The number of nitrogens with zero attached hydrogens (tertiary/aromatic N) is 1. The van der Waals surface area contributed by atoms with Gasteiger partial charge in [0.1, 0.15) is 19.9 Å². The van der Waals surface area contributed by atoms with Gasteiger partial charge in [-0.25, -0.2) is 4.58 Å². The normalized spacial score (nSPS) is 19.8. The first kappa shape index (κ1) is 11.4. The maximum atomic E-state index is 5.32. The SMILES string of the molecule is C[N+](C)=C1C=CC(=C/C=C2\C=CC=CO2)C=C1. The second kappa shape index (κ2) is 5.30. The molecule has 2 aliphatic rings. The first-order valence-electron chi connectivity index (χ1n) is 5.58. The maximum Gasteiger partial charge on any atom is 0.199 e. The van der Waals surface area contributed by atoms with Crippen LogP contribution in [0.2, 0.25) is 0 Å². The molecule has 1 aliphatic heterocycles. The lowest BCUT2D eigenvalue weighted by Gasteiger charge is -2.03. The zero-order chi connectivity index (χ0) is 12.1. The molecule has 1 heterocycles. The van der Waals surface area contributed by atoms with E-state index in [-0.39, 0.29) is 0 Å². The summed E-state index contributed by atoms with van der Waals surface area (Å²) in [6.07, 6.45) is 19.8. The van der Waals surface area contributed by atoms with Gasteiger partial charge in [-0.15, -0.1) is 0 Å². The average Bonchev–Trinajstić information content (AvgIpc) is 2.38. The Bertz CT molecular complexity index is 489. The van der Waals surface area contributed by atoms with Gasteiger partial charge in [0.05, 0.1) is 6.26 Å². The summed E-state index contributed by atoms with van der Waals surface area (Å²) in [7, 11) is 4.07. The molecule has 0 aromatic carbocycles. The summed E-state index contributed by atoms with van der Waals surface area (Å²) in [4.78, 5) is 0. The quantitative estimate of drug-likeness (QED) is 0.626. The van der Waals surface area contributed by atoms with E-state index in [0.717, 1.165) is 11.3 Å². The third kappa shape index (κ3) is 3.18. The molecular weight excluding hydrogens is 210 g/mol. The van der Waals surface area contributed by atoms with Crippen LogP contribution in [0.25, 0.3) is 0 Å². The number of hydrogen-bond donors (Lipinski definition) is 0. The lowest BCUT2D eigenvalue weighted by atomic mass is 10.1. The molecule has 1 aliphatic carbocycles. The van der Waals surface area contributed by atoms with Gasteiger partial charge in [-0.1, -0.05) is 12.2 Å². The number of hydrogen-bond acceptors (Lipinski definition) is 1. The van der Waals surface area contributed by atoms with Crippen LogP contribution in [-0.4, -0.2) is 24.4 Å². The Morgan fingerprint density at radius 1 is 0.941 bits per heavy atom. The lowest BCUT2D eigenvalue weighted by Crippen LogP contribution is -2.09. The Labute approximate surface area is 102 Å². The molecule has 0 saturated carbocycles. The van der Waals surface area contributed by atoms with Crippen molar-refractivity contribution in [2.75, 3.05) is 14.1 Å². The molecule has 0 atom stereocenters. The molecule has 2 rings (SSSR count). The third-order valence-electron chi connectivity index (χ3n) is 2.50. The molecule has 0 aromatic heterocycles. The van der Waals surface area contributed by atoms with E-state index in [1.807, 2.05) is 44.5 Å². The Hall–Kier alpha value is -2.09. The molecular formula is C15H16NO+. The minimum Gasteiger partial charge on any atom is -0.465 e. The minimum absolute atomic E-state index is 0.851. The van der Waals surface area contributed by atoms with Gasteiger partial charge < -0.3 is 4.74 Å². The van der Waals surface area contributed by atoms with Crippen LogP contribution in [0.4, 0.5) is 0 Å². The second-order valence-electron chi connectivity index (χ2n) is 4.03. The molecule has 0 bridgehead atoms. The predicted octanol–water partition coefficient (Wildman–Crippen LogP) is 2.74. The molecule has 0 fully saturated rings. The Morgan fingerprint density at radius 2 is 1.71 bits per heavy atom. The van der Waals surface area contributed by atoms with E-state index in [0.29, 0.717) is 0 Å². The maximum absolute atomic E-state index is 5.32. The highest BCUT2D eigenvalue weighted by molar-refractivity contribution is 6.02. The van der Waals surface area contributed by atoms with Crippen LogP contribution in [0.3, 0.4) is 0 Å². The van der Waals surface area contributed by atoms with Crippen molar-refractivity contribution in [2.24, 2.45) is 0 Å². The van der Waals surface area contributed by atoms with Crippen LogP contribution < -0.4 is 0 Å². The highest BCUT2D eigenvalue weighted by Gasteiger charge is 2.03. The zero-order valence-electron chi connectivity index (χ0n) is 10.1. The Kier molecular flexibility index (Phi) is 3.55. The average molecular weight is 226 g/mol. The number of ether oxygens (including phenoxy) is 1. The van der Waals surface area contributed by atoms with Crippen LogP contribution in [0.5, 0.6) is 0 Å². The molecule has 0 aromatic rings. The predicted molar refractivity (Wildman–Crippen MR) is 70.9 cm³/mol. The van der Waals surface area contributed by atoms with Crippen molar-refractivity contribution >= 4 is 5.71 Å². The van der Waals surface area contributed by atoms with E-state index < -0.39 is 0 Å². The minimum atomic E-state index is 0.851. The standard InChI is InChI=1S/C15H16NO/c1-16(2)14-9-6-13(7-10-14)8-11-15-5-3-4-12-17-15/h3-12H,1-2H3/q+1/b15-11+. The van der Waals surface area contributed by atoms with Gasteiger partial charge in [-0.3, -0.25) is 0 Å². The van der Waals surface area contributed by atoms with Gasteiger partial charge in [0, 0.05) is 12.2 Å². The van der Waals surface area contributed by atoms with E-state index in [9.17, 15) is 0 Å². The number of allylic oxidation sites excluding steroid dienone is 10. The Morgan fingerprint density at radius 3 is 2.29 bits per heavy atom. The molecule has 2 nitrogen and oxygen atoms in total. The molecule has 0 unspecified atom stereocenters. The van der Waals surface area contributed by atoms with E-state index in [1.165, 1.54) is 5.71 Å². The first-order valence-corrected chi connectivity index (χ1v) is 5.58. The second-order valence-corrected chi connectivity index (χ2v) is 4.03. The highest BCUT2D eigenvalue weighted by atomic mass is 16.5. The summed E-state index contributed by atoms with van der Waals surface area (Å²) in [6.45, 7) is 0. The fourth-order valence-corrected chi connectivity index (χ4v) is 1.51. The van der Waals surface area contributed by atoms with E-state index in [1.54, 1.807) is 6.26 Å². The van der Waals surface area contributed by atoms with Gasteiger partial charge in [-0.2, -0.15) is 0 Å². The van der Waals surface area contributed by atoms with Gasteiger partial charge in [0.15, 0.2) is 5.71 Å². The lowest BCUT2D eigenvalue weighted by molar-refractivity contribution is -0.462. The topological polar surface area (TPSA) is 12.2 Å². The van der Waals surface area contributed by atoms with Crippen molar-refractivity contribution < 1.29 is 9.31 Å². The van der Waals surface area contributed by atoms with Gasteiger partial charge in [0.2, 0.25) is 0 Å². The van der Waals surface area contributed by atoms with Crippen molar-refractivity contribution in [2.45, 2.75) is 0 Å². The molecule has 2 heteroatoms. The first-order chi connectivity index (χ1) is 8.25. The monoisotopic (exact) mass is 226 g/mol. The third-order valence-corrected chi connectivity index (χ3v) is 2.50. The number of rotatable bonds is 1. The molecule has 0 radical (unpaired) electrons. The molecule has 0 N–H and O–H groups in total. The smallest absolute Gasteiger partial charge is 0.199 e. The largest absolute Gasteiger partial charge is 0.465 e. The summed E-state index contributed by atoms with van der Waals surface area (Å²) in [5, 5.41) is 0. The van der Waals surface area contributed by atoms with E-state index >= 15 is 0 Å². The summed E-state index contributed by atoms with van der Waals surface area (Å²) >= 11 is 0. The van der Waals surface area contributed by atoms with Gasteiger partial charge in [-0.05, 0) is 36.0 Å². The molecule has 0 saturated heterocycles. The van der Waals surface area contributed by atoms with Gasteiger partial charge >= 0.3 is 0 Å². The van der Waals surface area contributed by atoms with Crippen LogP contribution in [0.1, 0.15) is 0 Å². The zero-order valence-corrected chi connectivity index (χ0v) is 10.1. The van der Waals surface area contributed by atoms with Crippen LogP contribution >= 0.6 is 0 Å². The van der Waals surface area contributed by atoms with Gasteiger partial charge in [0.25, 0.3) is 0 Å². The summed E-state index contributed by atoms with van der Waals surface area (Å²) in [6, 6.07) is 0. The molecule has 17 heavy (non-hydrogen) atoms. The highest BCUT2D eigenvalue weighted by Crippen LogP contribution is 2.10. The Balaban J connectivity index is 2.09. The van der Waals surface area contributed by atoms with E-state index in [2.05, 4.69) is 28.9 Å². The van der Waals surface area contributed by atoms with Crippen LogP contribution in [0.15, 0.2) is 72.3 Å². The molecule has 0 spiro atoms. The fourth-order valence-electron chi connectivity index (χ4n) is 1.51. The molecule has 86 valence electrons. The summed E-state index contributed by atoms with van der Waals surface area (Å²) in [5.74, 6) is 0.851. The summed E-state index contributed by atoms with van der Waals surface area (Å²) in [5.41, 5.74) is 2.36. The van der Waals surface area contributed by atoms with Crippen molar-refractivity contribution in [3.63, 3.8) is 0 Å². The summed E-state index contributed by atoms with van der Waals surface area (Å²) < 4.78 is 7.40. The van der Waals surface area contributed by atoms with Crippen molar-refractivity contribution in [3.8, 4) is 0 Å². The van der Waals surface area contributed by atoms with Crippen molar-refractivity contribution in [1.82, 2.24) is 0 Å². The van der Waals surface area contributed by atoms with Crippen LogP contribution in [0, 0.1) is 0 Å². The van der Waals surface area contributed by atoms with Crippen LogP contribution in [-0.2, 0) is 4.74 Å². The van der Waals surface area contributed by atoms with E-state index in [4.69, 9.17) is 4.74 Å². The fraction of sp³-hybridized carbons (Fsp3) is 0.133. The van der Waals surface area contributed by atoms with Crippen molar-refractivity contribution in [3.05, 3.63) is 72.3 Å². The molecule has 0 amide bonds.